The Labute approximate surface area is 269 Å². The molecule has 9 nitrogen and oxygen atoms in total. The van der Waals surface area contributed by atoms with Crippen LogP contribution < -0.4 is 9.47 Å². The minimum Gasteiger partial charge on any atom is -0.482 e. The van der Waals surface area contributed by atoms with Crippen molar-refractivity contribution in [3.05, 3.63) is 23.3 Å². The molecule has 5 aliphatic rings. The molecule has 2 heterocycles. The van der Waals surface area contributed by atoms with Gasteiger partial charge in [-0.15, -0.1) is 0 Å². The second kappa shape index (κ2) is 11.7. The quantitative estimate of drug-likeness (QED) is 0.182. The first-order chi connectivity index (χ1) is 21.2. The lowest BCUT2D eigenvalue weighted by Crippen LogP contribution is -2.79. The Hall–Kier alpha value is -1.91. The predicted molar refractivity (Wildman–Crippen MR) is 170 cm³/mol. The predicted octanol–water partition coefficient (Wildman–Crippen LogP) is 5.52. The summed E-state index contributed by atoms with van der Waals surface area (Å²) in [5.74, 6) is 1.59. The van der Waals surface area contributed by atoms with Crippen molar-refractivity contribution < 1.29 is 38.3 Å². The lowest BCUT2D eigenvalue weighted by molar-refractivity contribution is -0.270. The highest BCUT2D eigenvalue weighted by Gasteiger charge is 2.77. The van der Waals surface area contributed by atoms with Gasteiger partial charge in [-0.05, 0) is 87.8 Å². The smallest absolute Gasteiger partial charge is 0.482 e. The lowest BCUT2D eigenvalue weighted by atomic mass is 9.38. The Bertz CT molecular complexity index is 1270. The van der Waals surface area contributed by atoms with Gasteiger partial charge in [-0.25, -0.2) is 4.79 Å². The summed E-state index contributed by atoms with van der Waals surface area (Å²) in [5.41, 5.74) is -0.352. The summed E-state index contributed by atoms with van der Waals surface area (Å²) in [6.45, 7) is 18.9. The Morgan fingerprint density at radius 1 is 1.09 bits per heavy atom. The monoisotopic (exact) mass is 629 g/mol. The molecule has 2 aliphatic heterocycles. The van der Waals surface area contributed by atoms with E-state index in [-0.39, 0.29) is 36.1 Å². The maximum Gasteiger partial charge on any atom is 0.514 e. The number of aliphatic hydroxyl groups is 1. The third-order valence-corrected chi connectivity index (χ3v) is 12.6. The molecule has 0 amide bonds. The molecule has 2 bridgehead atoms. The van der Waals surface area contributed by atoms with Crippen LogP contribution in [-0.4, -0.2) is 92.7 Å². The normalized spacial score (nSPS) is 34.9. The molecule has 1 spiro atoms. The summed E-state index contributed by atoms with van der Waals surface area (Å²) >= 11 is 0. The van der Waals surface area contributed by atoms with Crippen LogP contribution in [0, 0.1) is 22.7 Å². The number of rotatable bonds is 12. The van der Waals surface area contributed by atoms with Crippen molar-refractivity contribution in [1.29, 1.82) is 0 Å². The van der Waals surface area contributed by atoms with Crippen LogP contribution in [0.5, 0.6) is 11.5 Å². The van der Waals surface area contributed by atoms with Gasteiger partial charge in [0.1, 0.15) is 18.3 Å². The molecule has 1 aromatic carbocycles. The van der Waals surface area contributed by atoms with Gasteiger partial charge in [0, 0.05) is 43.2 Å². The Morgan fingerprint density at radius 2 is 1.80 bits per heavy atom. The van der Waals surface area contributed by atoms with E-state index < -0.39 is 22.8 Å². The zero-order valence-corrected chi connectivity index (χ0v) is 28.7. The topological polar surface area (TPSA) is 95.9 Å². The highest BCUT2D eigenvalue weighted by atomic mass is 16.7. The van der Waals surface area contributed by atoms with Crippen LogP contribution >= 0.6 is 0 Å². The van der Waals surface area contributed by atoms with Crippen molar-refractivity contribution >= 4 is 6.16 Å². The lowest BCUT2D eigenvalue weighted by Gasteiger charge is -2.70. The second-order valence-corrected chi connectivity index (χ2v) is 15.8. The first kappa shape index (κ1) is 33.0. The molecular weight excluding hydrogens is 574 g/mol. The van der Waals surface area contributed by atoms with Gasteiger partial charge in [0.25, 0.3) is 0 Å². The van der Waals surface area contributed by atoms with Gasteiger partial charge in [0.2, 0.25) is 0 Å². The minimum absolute atomic E-state index is 0.0839. The van der Waals surface area contributed by atoms with E-state index >= 15 is 0 Å². The van der Waals surface area contributed by atoms with Crippen molar-refractivity contribution in [3.8, 4) is 11.5 Å². The van der Waals surface area contributed by atoms with Gasteiger partial charge in [-0.1, -0.05) is 33.8 Å². The van der Waals surface area contributed by atoms with E-state index in [1.165, 1.54) is 24.0 Å². The third-order valence-electron chi connectivity index (χ3n) is 12.6. The number of likely N-dealkylation sites (tertiary alicyclic amines) is 1. The molecule has 6 rings (SSSR count). The number of hydrogen-bond acceptors (Lipinski definition) is 9. The first-order valence-corrected chi connectivity index (χ1v) is 17.1. The van der Waals surface area contributed by atoms with Crippen LogP contribution in [0.15, 0.2) is 12.1 Å². The standard InChI is InChI=1S/C36H55NO8/c1-9-41-16-17-42-18-19-43-31(38)44-25-13-12-24-20-27-33(5)21-26(35(7,39)32(2,3)4)34(6,40-8)30-36(33,28(24)29(25)45-30)14-15-37(27)22-23-10-11-23/h12-13,23,26-27,30,39H,9-11,14-22H2,1-8H3/t26-,27+,30-,33+,34?,35-,36-/m0/s1. The maximum atomic E-state index is 12.9. The van der Waals surface area contributed by atoms with E-state index in [1.807, 2.05) is 19.9 Å². The van der Waals surface area contributed by atoms with Crippen LogP contribution in [-0.2, 0) is 30.8 Å². The van der Waals surface area contributed by atoms with E-state index in [9.17, 15) is 9.90 Å². The first-order valence-electron chi connectivity index (χ1n) is 17.1. The Balaban J connectivity index is 1.36. The molecule has 3 fully saturated rings. The highest BCUT2D eigenvalue weighted by Crippen LogP contribution is 2.73. The molecule has 1 saturated heterocycles. The fourth-order valence-electron chi connectivity index (χ4n) is 9.46. The summed E-state index contributed by atoms with van der Waals surface area (Å²) < 4.78 is 35.6. The molecule has 1 unspecified atom stereocenters. The summed E-state index contributed by atoms with van der Waals surface area (Å²) in [7, 11) is 1.76. The number of piperidine rings is 1. The van der Waals surface area contributed by atoms with Crippen LogP contribution in [0.2, 0.25) is 0 Å². The number of hydrogen-bond donors (Lipinski definition) is 1. The Kier molecular flexibility index (Phi) is 8.55. The molecule has 3 aliphatic carbocycles. The van der Waals surface area contributed by atoms with Gasteiger partial charge < -0.3 is 33.5 Å². The third kappa shape index (κ3) is 5.11. The number of benzene rings is 1. The average Bonchev–Trinajstić information content (AvgIpc) is 3.72. The zero-order chi connectivity index (χ0) is 32.4. The molecule has 0 radical (unpaired) electrons. The summed E-state index contributed by atoms with van der Waals surface area (Å²) in [6.07, 6.45) is 4.12. The van der Waals surface area contributed by atoms with Crippen LogP contribution in [0.3, 0.4) is 0 Å². The minimum atomic E-state index is -1.04. The summed E-state index contributed by atoms with van der Waals surface area (Å²) in [4.78, 5) is 15.6. The molecule has 9 heteroatoms. The SMILES string of the molecule is CCOCCOCCOC(=O)Oc1ccc2c3c1O[C@H]1C(C)(OC)[C@@H]([C@](C)(O)C(C)(C)C)C[C@]4(C)[C@@H](C2)N(CC2CC2)CC[C@]314. The van der Waals surface area contributed by atoms with Gasteiger partial charge in [0.15, 0.2) is 11.5 Å². The molecule has 2 saturated carbocycles. The number of carbonyl (C=O) groups excluding carboxylic acids is 1. The molecule has 7 atom stereocenters. The number of ether oxygens (including phenoxy) is 6. The second-order valence-electron chi connectivity index (χ2n) is 15.8. The molecule has 1 aromatic rings. The van der Waals surface area contributed by atoms with E-state index in [1.54, 1.807) is 7.11 Å². The van der Waals surface area contributed by atoms with Crippen molar-refractivity contribution in [2.75, 3.05) is 53.2 Å². The average molecular weight is 630 g/mol. The van der Waals surface area contributed by atoms with Crippen LogP contribution in [0.25, 0.3) is 0 Å². The van der Waals surface area contributed by atoms with Gasteiger partial charge in [0.05, 0.1) is 25.4 Å². The number of carbonyl (C=O) groups is 1. The van der Waals surface area contributed by atoms with Crippen LogP contribution in [0.4, 0.5) is 4.79 Å². The van der Waals surface area contributed by atoms with E-state index in [0.29, 0.717) is 37.4 Å². The fraction of sp³-hybridized carbons (Fsp3) is 0.806. The van der Waals surface area contributed by atoms with E-state index in [4.69, 9.17) is 28.4 Å². The van der Waals surface area contributed by atoms with Crippen molar-refractivity contribution in [2.24, 2.45) is 22.7 Å². The largest absolute Gasteiger partial charge is 0.514 e. The van der Waals surface area contributed by atoms with Crippen molar-refractivity contribution in [2.45, 2.75) is 109 Å². The van der Waals surface area contributed by atoms with Crippen molar-refractivity contribution in [1.82, 2.24) is 4.90 Å². The van der Waals surface area contributed by atoms with E-state index in [0.717, 1.165) is 38.3 Å². The highest BCUT2D eigenvalue weighted by molar-refractivity contribution is 5.69. The summed E-state index contributed by atoms with van der Waals surface area (Å²) in [6, 6.07) is 4.30. The number of methoxy groups -OCH3 is 1. The van der Waals surface area contributed by atoms with Crippen molar-refractivity contribution in [3.63, 3.8) is 0 Å². The molecular formula is C36H55NO8. The van der Waals surface area contributed by atoms with E-state index in [2.05, 4.69) is 45.6 Å². The fourth-order valence-corrected chi connectivity index (χ4v) is 9.46. The van der Waals surface area contributed by atoms with Gasteiger partial charge in [-0.3, -0.25) is 4.90 Å². The maximum absolute atomic E-state index is 12.9. The summed E-state index contributed by atoms with van der Waals surface area (Å²) in [5, 5.41) is 12.4. The molecule has 0 aromatic heterocycles. The molecule has 45 heavy (non-hydrogen) atoms. The van der Waals surface area contributed by atoms with Gasteiger partial charge >= 0.3 is 6.16 Å². The Morgan fingerprint density at radius 3 is 2.47 bits per heavy atom. The van der Waals surface area contributed by atoms with Crippen LogP contribution in [0.1, 0.15) is 85.3 Å². The zero-order valence-electron chi connectivity index (χ0n) is 28.7. The molecule has 1 N–H and O–H groups in total. The molecule has 252 valence electrons. The number of nitrogens with zero attached hydrogens (tertiary/aromatic N) is 1. The van der Waals surface area contributed by atoms with Gasteiger partial charge in [-0.2, -0.15) is 0 Å².